The molecule has 2 aromatic heterocycles. The monoisotopic (exact) mass is 306 g/mol. The Bertz CT molecular complexity index is 629. The summed E-state index contributed by atoms with van der Waals surface area (Å²) in [5, 5.41) is 9.40. The van der Waals surface area contributed by atoms with Crippen LogP contribution in [0.2, 0.25) is 0 Å². The van der Waals surface area contributed by atoms with Gasteiger partial charge in [-0.3, -0.25) is 9.59 Å². The van der Waals surface area contributed by atoms with Crippen molar-refractivity contribution in [2.45, 2.75) is 13.3 Å². The van der Waals surface area contributed by atoms with Gasteiger partial charge in [0.2, 0.25) is 0 Å². The van der Waals surface area contributed by atoms with Crippen molar-refractivity contribution in [1.29, 1.82) is 0 Å². The number of carboxylic acid groups (broad SMARTS) is 1. The molecule has 21 heavy (non-hydrogen) atoms. The Morgan fingerprint density at radius 3 is 2.62 bits per heavy atom. The molecule has 0 aliphatic heterocycles. The lowest BCUT2D eigenvalue weighted by Crippen LogP contribution is -2.35. The molecule has 1 amide bonds. The first-order valence-electron chi connectivity index (χ1n) is 6.36. The van der Waals surface area contributed by atoms with E-state index in [9.17, 15) is 9.59 Å². The van der Waals surface area contributed by atoms with Gasteiger partial charge in [-0.1, -0.05) is 6.92 Å². The van der Waals surface area contributed by atoms with Crippen LogP contribution in [0.4, 0.5) is 0 Å². The van der Waals surface area contributed by atoms with Crippen molar-refractivity contribution >= 4 is 23.2 Å². The molecule has 2 rings (SSSR count). The molecule has 110 valence electrons. The maximum absolute atomic E-state index is 12.3. The Balaban J connectivity index is 2.19. The van der Waals surface area contributed by atoms with Gasteiger partial charge in [-0.2, -0.15) is 0 Å². The van der Waals surface area contributed by atoms with Crippen molar-refractivity contribution in [2.24, 2.45) is 0 Å². The second-order valence-electron chi connectivity index (χ2n) is 4.22. The van der Waals surface area contributed by atoms with Gasteiger partial charge >= 0.3 is 5.97 Å². The molecule has 0 fully saturated rings. The summed E-state index contributed by atoms with van der Waals surface area (Å²) in [7, 11) is 0. The predicted octanol–water partition coefficient (Wildman–Crippen LogP) is 1.54. The van der Waals surface area contributed by atoms with Crippen molar-refractivity contribution in [1.82, 2.24) is 19.9 Å². The Morgan fingerprint density at radius 1 is 1.29 bits per heavy atom. The fraction of sp³-hybridized carbons (Fsp3) is 0.308. The average Bonchev–Trinajstić information content (AvgIpc) is 2.96. The van der Waals surface area contributed by atoms with Crippen molar-refractivity contribution in [3.05, 3.63) is 29.5 Å². The zero-order chi connectivity index (χ0) is 15.2. The molecule has 0 radical (unpaired) electrons. The fourth-order valence-electron chi connectivity index (χ4n) is 1.73. The number of rotatable bonds is 6. The maximum Gasteiger partial charge on any atom is 0.323 e. The first-order chi connectivity index (χ1) is 10.1. The van der Waals surface area contributed by atoms with E-state index in [0.29, 0.717) is 28.7 Å². The molecular weight excluding hydrogens is 292 g/mol. The second kappa shape index (κ2) is 6.89. The number of aliphatic carboxylic acids is 1. The minimum Gasteiger partial charge on any atom is -0.480 e. The largest absolute Gasteiger partial charge is 0.480 e. The normalized spacial score (nSPS) is 10.3. The van der Waals surface area contributed by atoms with Gasteiger partial charge in [0, 0.05) is 18.9 Å². The van der Waals surface area contributed by atoms with Gasteiger partial charge < -0.3 is 10.0 Å². The van der Waals surface area contributed by atoms with Crippen LogP contribution in [-0.2, 0) is 4.79 Å². The zero-order valence-corrected chi connectivity index (χ0v) is 12.2. The van der Waals surface area contributed by atoms with Gasteiger partial charge in [-0.25, -0.2) is 15.0 Å². The molecular formula is C13H14N4O3S. The molecule has 2 aromatic rings. The van der Waals surface area contributed by atoms with Gasteiger partial charge in [-0.05, 0) is 12.5 Å². The Labute approximate surface area is 125 Å². The number of thiazole rings is 1. The van der Waals surface area contributed by atoms with E-state index in [1.54, 1.807) is 18.5 Å². The molecule has 0 aromatic carbocycles. The van der Waals surface area contributed by atoms with Crippen LogP contribution in [0.5, 0.6) is 0 Å². The SMILES string of the molecule is CCCN(CC(=O)O)C(=O)c1cnc(-c2ncccn2)s1. The quantitative estimate of drug-likeness (QED) is 0.869. The fourth-order valence-corrected chi connectivity index (χ4v) is 2.56. The van der Waals surface area contributed by atoms with E-state index < -0.39 is 5.97 Å². The lowest BCUT2D eigenvalue weighted by Gasteiger charge is -2.18. The topological polar surface area (TPSA) is 96.3 Å². The molecule has 0 aliphatic rings. The molecule has 0 saturated carbocycles. The third kappa shape index (κ3) is 3.82. The van der Waals surface area contributed by atoms with E-state index in [1.165, 1.54) is 11.1 Å². The van der Waals surface area contributed by atoms with Gasteiger partial charge in [0.25, 0.3) is 5.91 Å². The summed E-state index contributed by atoms with van der Waals surface area (Å²) < 4.78 is 0. The van der Waals surface area contributed by atoms with Crippen LogP contribution in [0, 0.1) is 0 Å². The summed E-state index contributed by atoms with van der Waals surface area (Å²) in [5.74, 6) is -0.923. The first kappa shape index (κ1) is 15.0. The van der Waals surface area contributed by atoms with E-state index >= 15 is 0 Å². The van der Waals surface area contributed by atoms with Crippen LogP contribution < -0.4 is 0 Å². The van der Waals surface area contributed by atoms with Gasteiger partial charge in [0.1, 0.15) is 11.4 Å². The molecule has 0 spiro atoms. The summed E-state index contributed by atoms with van der Waals surface area (Å²) in [6.45, 7) is 1.96. The van der Waals surface area contributed by atoms with Crippen LogP contribution in [-0.4, -0.2) is 49.9 Å². The van der Waals surface area contributed by atoms with Crippen LogP contribution in [0.15, 0.2) is 24.7 Å². The van der Waals surface area contributed by atoms with E-state index in [-0.39, 0.29) is 12.5 Å². The summed E-state index contributed by atoms with van der Waals surface area (Å²) in [6.07, 6.45) is 5.31. The predicted molar refractivity (Wildman–Crippen MR) is 77.0 cm³/mol. The lowest BCUT2D eigenvalue weighted by atomic mass is 10.3. The third-order valence-electron chi connectivity index (χ3n) is 2.58. The van der Waals surface area contributed by atoms with Crippen LogP contribution in [0.3, 0.4) is 0 Å². The molecule has 7 nitrogen and oxygen atoms in total. The zero-order valence-electron chi connectivity index (χ0n) is 11.4. The van der Waals surface area contributed by atoms with E-state index in [2.05, 4.69) is 15.0 Å². The maximum atomic E-state index is 12.3. The summed E-state index contributed by atoms with van der Waals surface area (Å²) in [5.41, 5.74) is 0. The second-order valence-corrected chi connectivity index (χ2v) is 5.25. The standard InChI is InChI=1S/C13H14N4O3S/c1-2-6-17(8-10(18)19)13(20)9-7-16-12(21-9)11-14-4-3-5-15-11/h3-5,7H,2,6,8H2,1H3,(H,18,19). The summed E-state index contributed by atoms with van der Waals surface area (Å²) >= 11 is 1.16. The highest BCUT2D eigenvalue weighted by molar-refractivity contribution is 7.16. The van der Waals surface area contributed by atoms with Crippen LogP contribution in [0.25, 0.3) is 10.8 Å². The van der Waals surface area contributed by atoms with Gasteiger partial charge in [0.15, 0.2) is 10.8 Å². The number of carbonyl (C=O) groups excluding carboxylic acids is 1. The van der Waals surface area contributed by atoms with Crippen molar-refractivity contribution in [3.63, 3.8) is 0 Å². The van der Waals surface area contributed by atoms with E-state index in [4.69, 9.17) is 5.11 Å². The van der Waals surface area contributed by atoms with Gasteiger partial charge in [0.05, 0.1) is 6.20 Å². The smallest absolute Gasteiger partial charge is 0.323 e. The number of nitrogens with zero attached hydrogens (tertiary/aromatic N) is 4. The lowest BCUT2D eigenvalue weighted by molar-refractivity contribution is -0.137. The molecule has 0 unspecified atom stereocenters. The molecule has 0 saturated heterocycles. The molecule has 8 heteroatoms. The Hall–Kier alpha value is -2.35. The van der Waals surface area contributed by atoms with Gasteiger partial charge in [-0.15, -0.1) is 11.3 Å². The highest BCUT2D eigenvalue weighted by Gasteiger charge is 2.20. The van der Waals surface area contributed by atoms with E-state index in [0.717, 1.165) is 11.3 Å². The average molecular weight is 306 g/mol. The third-order valence-corrected chi connectivity index (χ3v) is 3.56. The number of hydrogen-bond donors (Lipinski definition) is 1. The highest BCUT2D eigenvalue weighted by Crippen LogP contribution is 2.22. The number of carbonyl (C=O) groups is 2. The van der Waals surface area contributed by atoms with Crippen molar-refractivity contribution in [3.8, 4) is 10.8 Å². The molecule has 0 bridgehead atoms. The number of hydrogen-bond acceptors (Lipinski definition) is 6. The minimum absolute atomic E-state index is 0.318. The van der Waals surface area contributed by atoms with Crippen LogP contribution in [0.1, 0.15) is 23.0 Å². The Kier molecular flexibility index (Phi) is 4.94. The molecule has 1 N–H and O–H groups in total. The minimum atomic E-state index is -1.03. The van der Waals surface area contributed by atoms with E-state index in [1.807, 2.05) is 6.92 Å². The Morgan fingerprint density at radius 2 is 2.00 bits per heavy atom. The number of amides is 1. The first-order valence-corrected chi connectivity index (χ1v) is 7.17. The van der Waals surface area contributed by atoms with Crippen molar-refractivity contribution < 1.29 is 14.7 Å². The molecule has 0 atom stereocenters. The summed E-state index contributed by atoms with van der Waals surface area (Å²) in [4.78, 5) is 37.1. The molecule has 2 heterocycles. The van der Waals surface area contributed by atoms with Crippen molar-refractivity contribution in [2.75, 3.05) is 13.1 Å². The summed E-state index contributed by atoms with van der Waals surface area (Å²) in [6, 6.07) is 1.69. The number of aromatic nitrogens is 3. The highest BCUT2D eigenvalue weighted by atomic mass is 32.1. The van der Waals surface area contributed by atoms with Crippen LogP contribution >= 0.6 is 11.3 Å². The molecule has 0 aliphatic carbocycles. The number of carboxylic acids is 1.